The molecule has 120 valence electrons. The zero-order valence-corrected chi connectivity index (χ0v) is 12.9. The molecule has 2 N–H and O–H groups in total. The Kier molecular flexibility index (Phi) is 4.95. The number of fused-ring (bicyclic) bond motifs is 1. The molecule has 3 rings (SSSR count). The van der Waals surface area contributed by atoms with Crippen LogP contribution >= 0.6 is 0 Å². The molecule has 1 aromatic carbocycles. The van der Waals surface area contributed by atoms with E-state index in [-0.39, 0.29) is 12.5 Å². The lowest BCUT2D eigenvalue weighted by molar-refractivity contribution is -0.118. The van der Waals surface area contributed by atoms with Crippen LogP contribution in [0.25, 0.3) is 0 Å². The SMILES string of the molecule is O=C1COc2ccc(C(O)CCN3CCCCCC3)cc2N1. The fraction of sp³-hybridized carbons (Fsp3) is 0.588. The second-order valence-corrected chi connectivity index (χ2v) is 6.15. The number of hydrogen-bond acceptors (Lipinski definition) is 4. The predicted octanol–water partition coefficient (Wildman–Crippen LogP) is 2.32. The van der Waals surface area contributed by atoms with Crippen molar-refractivity contribution in [3.8, 4) is 5.75 Å². The van der Waals surface area contributed by atoms with Gasteiger partial charge in [0.25, 0.3) is 5.91 Å². The average molecular weight is 304 g/mol. The van der Waals surface area contributed by atoms with Gasteiger partial charge in [-0.15, -0.1) is 0 Å². The lowest BCUT2D eigenvalue weighted by Gasteiger charge is -2.23. The molecule has 5 heteroatoms. The molecular formula is C17H24N2O3. The van der Waals surface area contributed by atoms with Crippen molar-refractivity contribution < 1.29 is 14.6 Å². The van der Waals surface area contributed by atoms with Crippen LogP contribution in [-0.4, -0.2) is 42.2 Å². The number of aliphatic hydroxyl groups is 1. The van der Waals surface area contributed by atoms with Crippen LogP contribution in [0.3, 0.4) is 0 Å². The van der Waals surface area contributed by atoms with Gasteiger partial charge in [0.1, 0.15) is 5.75 Å². The zero-order valence-electron chi connectivity index (χ0n) is 12.9. The highest BCUT2D eigenvalue weighted by molar-refractivity contribution is 5.95. The number of anilines is 1. The van der Waals surface area contributed by atoms with Crippen molar-refractivity contribution in [1.82, 2.24) is 4.90 Å². The standard InChI is InChI=1S/C17H24N2O3/c20-15(7-10-19-8-3-1-2-4-9-19)13-5-6-16-14(11-13)18-17(21)12-22-16/h5-6,11,15,20H,1-4,7-10,12H2,(H,18,21). The summed E-state index contributed by atoms with van der Waals surface area (Å²) in [4.78, 5) is 13.8. The fourth-order valence-electron chi connectivity index (χ4n) is 3.14. The fourth-order valence-corrected chi connectivity index (χ4v) is 3.14. The molecule has 1 unspecified atom stereocenters. The maximum absolute atomic E-state index is 11.4. The van der Waals surface area contributed by atoms with Crippen molar-refractivity contribution in [3.63, 3.8) is 0 Å². The molecule has 2 aliphatic heterocycles. The quantitative estimate of drug-likeness (QED) is 0.896. The van der Waals surface area contributed by atoms with E-state index >= 15 is 0 Å². The largest absolute Gasteiger partial charge is 0.482 e. The minimum atomic E-state index is -0.507. The van der Waals surface area contributed by atoms with Crippen molar-refractivity contribution in [2.45, 2.75) is 38.2 Å². The Bertz CT molecular complexity index is 525. The highest BCUT2D eigenvalue weighted by Crippen LogP contribution is 2.31. The minimum Gasteiger partial charge on any atom is -0.482 e. The topological polar surface area (TPSA) is 61.8 Å². The smallest absolute Gasteiger partial charge is 0.262 e. The number of ether oxygens (including phenoxy) is 1. The van der Waals surface area contributed by atoms with Crippen LogP contribution in [0.4, 0.5) is 5.69 Å². The van der Waals surface area contributed by atoms with Gasteiger partial charge in [-0.2, -0.15) is 0 Å². The van der Waals surface area contributed by atoms with E-state index in [2.05, 4.69) is 10.2 Å². The molecule has 1 atom stereocenters. The second-order valence-electron chi connectivity index (χ2n) is 6.15. The first kappa shape index (κ1) is 15.3. The van der Waals surface area contributed by atoms with Gasteiger partial charge in [-0.3, -0.25) is 4.79 Å². The van der Waals surface area contributed by atoms with Crippen LogP contribution in [0.1, 0.15) is 43.8 Å². The summed E-state index contributed by atoms with van der Waals surface area (Å²) in [6.07, 6.45) is 5.38. The first-order valence-electron chi connectivity index (χ1n) is 8.19. The predicted molar refractivity (Wildman–Crippen MR) is 85.1 cm³/mol. The Morgan fingerprint density at radius 2 is 2.00 bits per heavy atom. The number of carbonyl (C=O) groups excluding carboxylic acids is 1. The monoisotopic (exact) mass is 304 g/mol. The molecule has 0 saturated carbocycles. The summed E-state index contributed by atoms with van der Waals surface area (Å²) < 4.78 is 5.34. The summed E-state index contributed by atoms with van der Waals surface area (Å²) in [7, 11) is 0. The van der Waals surface area contributed by atoms with Gasteiger partial charge in [-0.25, -0.2) is 0 Å². The maximum atomic E-state index is 11.4. The second kappa shape index (κ2) is 7.11. The number of amides is 1. The summed E-state index contributed by atoms with van der Waals surface area (Å²) in [5.41, 5.74) is 1.49. The summed E-state index contributed by atoms with van der Waals surface area (Å²) in [5.74, 6) is 0.520. The van der Waals surface area contributed by atoms with E-state index in [9.17, 15) is 9.90 Å². The lowest BCUT2D eigenvalue weighted by atomic mass is 10.0. The molecule has 1 saturated heterocycles. The van der Waals surface area contributed by atoms with Gasteiger partial charge in [-0.1, -0.05) is 18.9 Å². The number of benzene rings is 1. The van der Waals surface area contributed by atoms with Crippen molar-refractivity contribution in [1.29, 1.82) is 0 Å². The first-order valence-corrected chi connectivity index (χ1v) is 8.19. The molecule has 2 heterocycles. The molecule has 0 aromatic heterocycles. The van der Waals surface area contributed by atoms with Gasteiger partial charge in [0, 0.05) is 6.54 Å². The lowest BCUT2D eigenvalue weighted by Crippen LogP contribution is -2.27. The summed E-state index contributed by atoms with van der Waals surface area (Å²) >= 11 is 0. The molecule has 1 amide bonds. The Labute approximate surface area is 131 Å². The van der Waals surface area contributed by atoms with E-state index in [4.69, 9.17) is 4.74 Å². The van der Waals surface area contributed by atoms with E-state index in [1.54, 1.807) is 0 Å². The first-order chi connectivity index (χ1) is 10.7. The van der Waals surface area contributed by atoms with Crippen molar-refractivity contribution in [2.75, 3.05) is 31.6 Å². The van der Waals surface area contributed by atoms with Crippen molar-refractivity contribution in [3.05, 3.63) is 23.8 Å². The van der Waals surface area contributed by atoms with Crippen LogP contribution in [0.5, 0.6) is 5.75 Å². The molecule has 1 aromatic rings. The summed E-state index contributed by atoms with van der Waals surface area (Å²) in [5, 5.41) is 13.2. The van der Waals surface area contributed by atoms with Gasteiger partial charge in [0.2, 0.25) is 0 Å². The summed E-state index contributed by atoms with van der Waals surface area (Å²) in [6, 6.07) is 5.52. The van der Waals surface area contributed by atoms with Crippen LogP contribution in [-0.2, 0) is 4.79 Å². The third-order valence-electron chi connectivity index (χ3n) is 4.44. The number of aliphatic hydroxyl groups excluding tert-OH is 1. The van der Waals surface area contributed by atoms with Gasteiger partial charge < -0.3 is 20.1 Å². The highest BCUT2D eigenvalue weighted by atomic mass is 16.5. The van der Waals surface area contributed by atoms with Crippen LogP contribution < -0.4 is 10.1 Å². The average Bonchev–Trinajstić information content (AvgIpc) is 2.80. The number of likely N-dealkylation sites (tertiary alicyclic amines) is 1. The molecule has 0 aliphatic carbocycles. The Hall–Kier alpha value is -1.59. The number of rotatable bonds is 4. The highest BCUT2D eigenvalue weighted by Gasteiger charge is 2.18. The van der Waals surface area contributed by atoms with Gasteiger partial charge in [-0.05, 0) is 50.0 Å². The Morgan fingerprint density at radius 1 is 1.23 bits per heavy atom. The third-order valence-corrected chi connectivity index (χ3v) is 4.44. The molecule has 1 fully saturated rings. The minimum absolute atomic E-state index is 0.0594. The van der Waals surface area contributed by atoms with Crippen LogP contribution in [0.2, 0.25) is 0 Å². The molecule has 2 aliphatic rings. The summed E-state index contributed by atoms with van der Waals surface area (Å²) in [6.45, 7) is 3.26. The van der Waals surface area contributed by atoms with E-state index in [0.717, 1.165) is 25.2 Å². The van der Waals surface area contributed by atoms with E-state index in [1.165, 1.54) is 25.7 Å². The van der Waals surface area contributed by atoms with E-state index in [0.29, 0.717) is 17.9 Å². The molecule has 5 nitrogen and oxygen atoms in total. The van der Waals surface area contributed by atoms with Crippen LogP contribution in [0, 0.1) is 0 Å². The zero-order chi connectivity index (χ0) is 15.4. The number of carbonyl (C=O) groups is 1. The van der Waals surface area contributed by atoms with E-state index in [1.807, 2.05) is 18.2 Å². The Balaban J connectivity index is 1.58. The molecule has 0 radical (unpaired) electrons. The molecule has 0 spiro atoms. The maximum Gasteiger partial charge on any atom is 0.262 e. The number of hydrogen-bond donors (Lipinski definition) is 2. The Morgan fingerprint density at radius 3 is 2.77 bits per heavy atom. The molecule has 22 heavy (non-hydrogen) atoms. The number of nitrogens with one attached hydrogen (secondary N) is 1. The molecular weight excluding hydrogens is 280 g/mol. The van der Waals surface area contributed by atoms with E-state index < -0.39 is 6.10 Å². The molecule has 0 bridgehead atoms. The van der Waals surface area contributed by atoms with Crippen LogP contribution in [0.15, 0.2) is 18.2 Å². The van der Waals surface area contributed by atoms with Gasteiger partial charge >= 0.3 is 0 Å². The van der Waals surface area contributed by atoms with Crippen molar-refractivity contribution >= 4 is 11.6 Å². The van der Waals surface area contributed by atoms with Crippen molar-refractivity contribution in [2.24, 2.45) is 0 Å². The normalized spacial score (nSPS) is 20.5. The third kappa shape index (κ3) is 3.78. The van der Waals surface area contributed by atoms with Gasteiger partial charge in [0.15, 0.2) is 6.61 Å². The number of nitrogens with zero attached hydrogens (tertiary/aromatic N) is 1. The van der Waals surface area contributed by atoms with Gasteiger partial charge in [0.05, 0.1) is 11.8 Å².